The lowest BCUT2D eigenvalue weighted by atomic mass is 9.98. The third-order valence-corrected chi connectivity index (χ3v) is 5.78. The van der Waals surface area contributed by atoms with Gasteiger partial charge in [-0.25, -0.2) is 0 Å². The van der Waals surface area contributed by atoms with Gasteiger partial charge in [0.05, 0.1) is 10.7 Å². The number of anilines is 1. The largest absolute Gasteiger partial charge is 0.380 e. The van der Waals surface area contributed by atoms with Gasteiger partial charge in [-0.1, -0.05) is 77.4 Å². The third kappa shape index (κ3) is 4.50. The molecule has 0 amide bonds. The van der Waals surface area contributed by atoms with Crippen molar-refractivity contribution in [3.05, 3.63) is 104 Å². The summed E-state index contributed by atoms with van der Waals surface area (Å²) in [5.74, 6) is 0. The number of benzene rings is 3. The quantitative estimate of drug-likeness (QED) is 0.532. The van der Waals surface area contributed by atoms with Crippen LogP contribution in [-0.4, -0.2) is 13.1 Å². The highest BCUT2D eigenvalue weighted by atomic mass is 35.5. The number of fused-ring (bicyclic) bond motifs is 1. The molecule has 1 aliphatic rings. The fraction of sp³-hybridized carbons (Fsp3) is 0.250. The molecule has 3 aromatic carbocycles. The Kier molecular flexibility index (Phi) is 6.23. The van der Waals surface area contributed by atoms with Crippen molar-refractivity contribution in [2.24, 2.45) is 5.18 Å². The average molecular weight is 406 g/mol. The Balaban J connectivity index is 1.50. The fourth-order valence-electron chi connectivity index (χ4n) is 3.89. The molecule has 0 saturated heterocycles. The molecule has 1 unspecified atom stereocenters. The Bertz CT molecular complexity index is 973. The van der Waals surface area contributed by atoms with Crippen LogP contribution in [0.4, 0.5) is 5.69 Å². The zero-order valence-electron chi connectivity index (χ0n) is 16.2. The fourth-order valence-corrected chi connectivity index (χ4v) is 4.14. The van der Waals surface area contributed by atoms with Crippen molar-refractivity contribution in [3.63, 3.8) is 0 Å². The number of nitroso groups, excluding NO2 is 1. The Morgan fingerprint density at radius 2 is 1.66 bits per heavy atom. The van der Waals surface area contributed by atoms with Crippen molar-refractivity contribution >= 4 is 17.3 Å². The SMILES string of the molecule is O=NC(c1ccccc1)c1ccc(CNc2c(Cl)ccc3c2CCNCC3)cc1. The highest BCUT2D eigenvalue weighted by Gasteiger charge is 2.16. The predicted octanol–water partition coefficient (Wildman–Crippen LogP) is 5.50. The molecular weight excluding hydrogens is 382 g/mol. The van der Waals surface area contributed by atoms with E-state index < -0.39 is 6.04 Å². The molecule has 1 heterocycles. The van der Waals surface area contributed by atoms with Crippen LogP contribution in [0.15, 0.2) is 71.9 Å². The molecule has 0 spiro atoms. The zero-order valence-corrected chi connectivity index (χ0v) is 17.0. The molecule has 0 bridgehead atoms. The second-order valence-electron chi connectivity index (χ2n) is 7.32. The van der Waals surface area contributed by atoms with Crippen LogP contribution in [-0.2, 0) is 19.4 Å². The van der Waals surface area contributed by atoms with E-state index in [1.807, 2.05) is 60.7 Å². The standard InChI is InChI=1S/C24H24ClN3O/c25-22-11-10-18-12-14-26-15-13-21(18)24(22)27-16-17-6-8-20(9-7-17)23(28-29)19-4-2-1-3-5-19/h1-11,23,26-27H,12-16H2. The first-order chi connectivity index (χ1) is 14.3. The molecule has 2 N–H and O–H groups in total. The normalized spacial score (nSPS) is 14.5. The summed E-state index contributed by atoms with van der Waals surface area (Å²) in [7, 11) is 0. The zero-order chi connectivity index (χ0) is 20.1. The van der Waals surface area contributed by atoms with Crippen molar-refractivity contribution in [2.45, 2.75) is 25.4 Å². The highest BCUT2D eigenvalue weighted by Crippen LogP contribution is 2.31. The van der Waals surface area contributed by atoms with Gasteiger partial charge in [-0.15, -0.1) is 4.91 Å². The maximum Gasteiger partial charge on any atom is 0.142 e. The van der Waals surface area contributed by atoms with Crippen LogP contribution in [0, 0.1) is 4.91 Å². The van der Waals surface area contributed by atoms with E-state index in [2.05, 4.69) is 21.9 Å². The highest BCUT2D eigenvalue weighted by molar-refractivity contribution is 6.33. The van der Waals surface area contributed by atoms with Gasteiger partial charge in [0.25, 0.3) is 0 Å². The first-order valence-corrected chi connectivity index (χ1v) is 10.3. The van der Waals surface area contributed by atoms with E-state index in [1.54, 1.807) is 0 Å². The van der Waals surface area contributed by atoms with Gasteiger partial charge in [-0.05, 0) is 59.8 Å². The molecule has 5 heteroatoms. The second kappa shape index (κ2) is 9.21. The van der Waals surface area contributed by atoms with Crippen LogP contribution in [0.25, 0.3) is 0 Å². The van der Waals surface area contributed by atoms with Crippen molar-refractivity contribution in [2.75, 3.05) is 18.4 Å². The molecule has 148 valence electrons. The molecular formula is C24H24ClN3O. The summed E-state index contributed by atoms with van der Waals surface area (Å²) < 4.78 is 0. The number of hydrogen-bond donors (Lipinski definition) is 2. The van der Waals surface area contributed by atoms with Crippen molar-refractivity contribution in [1.29, 1.82) is 0 Å². The Morgan fingerprint density at radius 1 is 0.931 bits per heavy atom. The van der Waals surface area contributed by atoms with Crippen LogP contribution >= 0.6 is 11.6 Å². The van der Waals surface area contributed by atoms with Gasteiger partial charge in [0.1, 0.15) is 6.04 Å². The van der Waals surface area contributed by atoms with E-state index in [0.29, 0.717) is 6.54 Å². The smallest absolute Gasteiger partial charge is 0.142 e. The molecule has 3 aromatic rings. The predicted molar refractivity (Wildman–Crippen MR) is 120 cm³/mol. The number of nitrogens with zero attached hydrogens (tertiary/aromatic N) is 1. The lowest BCUT2D eigenvalue weighted by Crippen LogP contribution is -2.16. The van der Waals surface area contributed by atoms with E-state index in [-0.39, 0.29) is 0 Å². The minimum Gasteiger partial charge on any atom is -0.380 e. The first kappa shape index (κ1) is 19.6. The van der Waals surface area contributed by atoms with Crippen LogP contribution in [0.2, 0.25) is 5.02 Å². The minimum absolute atomic E-state index is 0.481. The summed E-state index contributed by atoms with van der Waals surface area (Å²) >= 11 is 6.50. The number of nitrogens with one attached hydrogen (secondary N) is 2. The Labute approximate surface area is 176 Å². The molecule has 1 atom stereocenters. The van der Waals surface area contributed by atoms with Gasteiger partial charge in [-0.2, -0.15) is 0 Å². The summed E-state index contributed by atoms with van der Waals surface area (Å²) in [5.41, 5.74) is 6.64. The molecule has 0 aliphatic carbocycles. The molecule has 0 radical (unpaired) electrons. The van der Waals surface area contributed by atoms with Gasteiger partial charge >= 0.3 is 0 Å². The molecule has 0 aromatic heterocycles. The molecule has 29 heavy (non-hydrogen) atoms. The van der Waals surface area contributed by atoms with Gasteiger partial charge in [0, 0.05) is 6.54 Å². The van der Waals surface area contributed by atoms with Crippen molar-refractivity contribution in [3.8, 4) is 0 Å². The Hall–Kier alpha value is -2.69. The van der Waals surface area contributed by atoms with E-state index in [1.165, 1.54) is 11.1 Å². The third-order valence-electron chi connectivity index (χ3n) is 5.47. The van der Waals surface area contributed by atoms with E-state index in [4.69, 9.17) is 11.6 Å². The van der Waals surface area contributed by atoms with Crippen molar-refractivity contribution in [1.82, 2.24) is 5.32 Å². The van der Waals surface area contributed by atoms with E-state index in [9.17, 15) is 4.91 Å². The maximum absolute atomic E-state index is 11.4. The topological polar surface area (TPSA) is 53.5 Å². The average Bonchev–Trinajstić information content (AvgIpc) is 3.01. The van der Waals surface area contributed by atoms with Crippen LogP contribution < -0.4 is 10.6 Å². The van der Waals surface area contributed by atoms with Gasteiger partial charge in [0.15, 0.2) is 0 Å². The maximum atomic E-state index is 11.4. The lowest BCUT2D eigenvalue weighted by molar-refractivity contribution is 0.711. The summed E-state index contributed by atoms with van der Waals surface area (Å²) in [6.45, 7) is 2.65. The summed E-state index contributed by atoms with van der Waals surface area (Å²) in [6.07, 6.45) is 2.00. The molecule has 4 nitrogen and oxygen atoms in total. The van der Waals surface area contributed by atoms with Crippen LogP contribution in [0.1, 0.15) is 33.9 Å². The van der Waals surface area contributed by atoms with Gasteiger partial charge in [0.2, 0.25) is 0 Å². The van der Waals surface area contributed by atoms with Gasteiger partial charge < -0.3 is 10.6 Å². The number of rotatable bonds is 6. The first-order valence-electron chi connectivity index (χ1n) is 9.97. The second-order valence-corrected chi connectivity index (χ2v) is 7.73. The van der Waals surface area contributed by atoms with Gasteiger partial charge in [-0.3, -0.25) is 0 Å². The molecule has 0 saturated carbocycles. The summed E-state index contributed by atoms with van der Waals surface area (Å²) in [4.78, 5) is 11.4. The minimum atomic E-state index is -0.481. The van der Waals surface area contributed by atoms with Crippen LogP contribution in [0.3, 0.4) is 0 Å². The molecule has 4 rings (SSSR count). The molecule has 1 aliphatic heterocycles. The van der Waals surface area contributed by atoms with E-state index in [0.717, 1.165) is 53.3 Å². The summed E-state index contributed by atoms with van der Waals surface area (Å²) in [6, 6.07) is 21.3. The number of hydrogen-bond acceptors (Lipinski definition) is 4. The van der Waals surface area contributed by atoms with Crippen LogP contribution in [0.5, 0.6) is 0 Å². The lowest BCUT2D eigenvalue weighted by Gasteiger charge is -2.17. The van der Waals surface area contributed by atoms with Crippen molar-refractivity contribution < 1.29 is 0 Å². The molecule has 0 fully saturated rings. The van der Waals surface area contributed by atoms with E-state index >= 15 is 0 Å². The monoisotopic (exact) mass is 405 g/mol. The number of halogens is 1. The Morgan fingerprint density at radius 3 is 2.41 bits per heavy atom. The summed E-state index contributed by atoms with van der Waals surface area (Å²) in [5, 5.41) is 11.1.